The zero-order valence-corrected chi connectivity index (χ0v) is 16.7. The minimum atomic E-state index is -1.17. The lowest BCUT2D eigenvalue weighted by atomic mass is 9.74. The number of halogens is 2. The van der Waals surface area contributed by atoms with Crippen LogP contribution in [0.5, 0.6) is 0 Å². The van der Waals surface area contributed by atoms with Crippen LogP contribution in [0.1, 0.15) is 36.8 Å². The molecule has 2 unspecified atom stereocenters. The first-order valence-corrected chi connectivity index (χ1v) is 9.87. The molecule has 1 aliphatic rings. The molecule has 2 nitrogen and oxygen atoms in total. The van der Waals surface area contributed by atoms with E-state index in [1.54, 1.807) is 12.1 Å². The smallest absolute Gasteiger partial charge is 0.141 e. The van der Waals surface area contributed by atoms with Gasteiger partial charge in [-0.1, -0.05) is 60.5 Å². The van der Waals surface area contributed by atoms with Gasteiger partial charge in [-0.15, -0.1) is 0 Å². The Morgan fingerprint density at radius 1 is 1.19 bits per heavy atom. The van der Waals surface area contributed by atoms with Gasteiger partial charge in [0.05, 0.1) is 5.02 Å². The van der Waals surface area contributed by atoms with Gasteiger partial charge < -0.3 is 10.0 Å². The Balaban J connectivity index is 2.16. The molecule has 1 fully saturated rings. The van der Waals surface area contributed by atoms with E-state index >= 15 is 0 Å². The Bertz CT molecular complexity index is 805. The maximum atomic E-state index is 13.8. The standard InChI is InChI=1S/C23H27ClFNO/c1-26(2)16-20-11-7-6-10-18(14-17-8-4-3-5-9-17)23(20,27)19-12-13-22(25)21(24)15-19/h3-5,8-9,12-15,20,27H,6-7,10-11,16H2,1-2H3. The molecule has 0 amide bonds. The van der Waals surface area contributed by atoms with Gasteiger partial charge in [0.15, 0.2) is 0 Å². The van der Waals surface area contributed by atoms with Gasteiger partial charge in [0.2, 0.25) is 0 Å². The Kier molecular flexibility index (Phi) is 6.36. The molecule has 0 aromatic heterocycles. The first kappa shape index (κ1) is 20.1. The number of nitrogens with zero attached hydrogens (tertiary/aromatic N) is 1. The molecule has 0 saturated heterocycles. The first-order chi connectivity index (χ1) is 12.9. The fourth-order valence-corrected chi connectivity index (χ4v) is 4.30. The van der Waals surface area contributed by atoms with E-state index in [0.717, 1.165) is 43.4 Å². The molecule has 2 aromatic rings. The summed E-state index contributed by atoms with van der Waals surface area (Å²) in [4.78, 5) is 2.10. The van der Waals surface area contributed by atoms with E-state index in [9.17, 15) is 9.50 Å². The van der Waals surface area contributed by atoms with Crippen LogP contribution in [0.25, 0.3) is 6.08 Å². The van der Waals surface area contributed by atoms with Gasteiger partial charge in [0.1, 0.15) is 11.4 Å². The molecule has 0 spiro atoms. The van der Waals surface area contributed by atoms with Crippen molar-refractivity contribution >= 4 is 17.7 Å². The van der Waals surface area contributed by atoms with Crippen LogP contribution in [0.15, 0.2) is 54.1 Å². The highest BCUT2D eigenvalue weighted by molar-refractivity contribution is 6.30. The lowest BCUT2D eigenvalue weighted by Crippen LogP contribution is -2.41. The molecule has 4 heteroatoms. The third-order valence-electron chi connectivity index (χ3n) is 5.41. The third kappa shape index (κ3) is 4.43. The second kappa shape index (κ2) is 8.55. The van der Waals surface area contributed by atoms with Gasteiger partial charge >= 0.3 is 0 Å². The van der Waals surface area contributed by atoms with E-state index in [0.29, 0.717) is 5.56 Å². The van der Waals surface area contributed by atoms with Crippen LogP contribution in [-0.4, -0.2) is 30.6 Å². The van der Waals surface area contributed by atoms with Crippen molar-refractivity contribution in [2.45, 2.75) is 31.3 Å². The molecule has 0 bridgehead atoms. The van der Waals surface area contributed by atoms with Crippen LogP contribution in [0, 0.1) is 11.7 Å². The lowest BCUT2D eigenvalue weighted by Gasteiger charge is -2.39. The molecule has 2 aromatic carbocycles. The van der Waals surface area contributed by atoms with E-state index in [1.165, 1.54) is 6.07 Å². The minimum Gasteiger partial charge on any atom is -0.380 e. The summed E-state index contributed by atoms with van der Waals surface area (Å²) in [6, 6.07) is 14.7. The Morgan fingerprint density at radius 3 is 2.59 bits per heavy atom. The molecule has 1 aliphatic carbocycles. The fourth-order valence-electron chi connectivity index (χ4n) is 4.12. The summed E-state index contributed by atoms with van der Waals surface area (Å²) in [7, 11) is 4.03. The zero-order chi connectivity index (χ0) is 19.4. The second-order valence-corrected chi connectivity index (χ2v) is 8.09. The van der Waals surface area contributed by atoms with Crippen molar-refractivity contribution in [2.75, 3.05) is 20.6 Å². The lowest BCUT2D eigenvalue weighted by molar-refractivity contribution is 0.000444. The topological polar surface area (TPSA) is 23.5 Å². The van der Waals surface area contributed by atoms with E-state index in [1.807, 2.05) is 44.4 Å². The van der Waals surface area contributed by atoms with E-state index in [4.69, 9.17) is 11.6 Å². The highest BCUT2D eigenvalue weighted by atomic mass is 35.5. The molecule has 0 radical (unpaired) electrons. The average Bonchev–Trinajstić information content (AvgIpc) is 2.79. The number of aliphatic hydroxyl groups is 1. The van der Waals surface area contributed by atoms with Crippen molar-refractivity contribution in [1.82, 2.24) is 4.90 Å². The average molecular weight is 388 g/mol. The summed E-state index contributed by atoms with van der Waals surface area (Å²) in [5.74, 6) is -0.457. The summed E-state index contributed by atoms with van der Waals surface area (Å²) in [5, 5.41) is 12.1. The molecule has 27 heavy (non-hydrogen) atoms. The second-order valence-electron chi connectivity index (χ2n) is 7.68. The summed E-state index contributed by atoms with van der Waals surface area (Å²) in [6.45, 7) is 0.748. The van der Waals surface area contributed by atoms with Crippen LogP contribution in [0.4, 0.5) is 4.39 Å². The van der Waals surface area contributed by atoms with Crippen LogP contribution in [-0.2, 0) is 5.60 Å². The van der Waals surface area contributed by atoms with Gasteiger partial charge in [-0.25, -0.2) is 4.39 Å². The predicted molar refractivity (Wildman–Crippen MR) is 110 cm³/mol. The number of hydrogen-bond donors (Lipinski definition) is 1. The summed E-state index contributed by atoms with van der Waals surface area (Å²) in [5.41, 5.74) is 1.53. The third-order valence-corrected chi connectivity index (χ3v) is 5.70. The number of hydrogen-bond acceptors (Lipinski definition) is 2. The largest absolute Gasteiger partial charge is 0.380 e. The number of rotatable bonds is 4. The van der Waals surface area contributed by atoms with Crippen LogP contribution < -0.4 is 0 Å². The SMILES string of the molecule is CN(C)CC1CCCCC(=Cc2ccccc2)C1(O)c1ccc(F)c(Cl)c1. The van der Waals surface area contributed by atoms with Crippen LogP contribution >= 0.6 is 11.6 Å². The van der Waals surface area contributed by atoms with Gasteiger partial charge in [-0.05, 0) is 62.2 Å². The molecule has 0 aliphatic heterocycles. The zero-order valence-electron chi connectivity index (χ0n) is 16.0. The van der Waals surface area contributed by atoms with Crippen molar-refractivity contribution in [3.05, 3.63) is 76.1 Å². The van der Waals surface area contributed by atoms with Gasteiger partial charge in [-0.3, -0.25) is 0 Å². The molecule has 0 heterocycles. The molecule has 2 atom stereocenters. The van der Waals surface area contributed by atoms with E-state index in [2.05, 4.69) is 11.0 Å². The molecule has 1 N–H and O–H groups in total. The first-order valence-electron chi connectivity index (χ1n) is 9.50. The molecular formula is C23H27ClFNO. The quantitative estimate of drug-likeness (QED) is 0.700. The summed E-state index contributed by atoms with van der Waals surface area (Å²) < 4.78 is 13.8. The van der Waals surface area contributed by atoms with Crippen molar-refractivity contribution in [3.8, 4) is 0 Å². The van der Waals surface area contributed by atoms with Crippen molar-refractivity contribution in [2.24, 2.45) is 5.92 Å². The van der Waals surface area contributed by atoms with Crippen molar-refractivity contribution < 1.29 is 9.50 Å². The predicted octanol–water partition coefficient (Wildman–Crippen LogP) is 5.50. The van der Waals surface area contributed by atoms with E-state index in [-0.39, 0.29) is 10.9 Å². The molecule has 144 valence electrons. The summed E-state index contributed by atoms with van der Waals surface area (Å²) >= 11 is 6.08. The van der Waals surface area contributed by atoms with Crippen molar-refractivity contribution in [3.63, 3.8) is 0 Å². The van der Waals surface area contributed by atoms with Crippen molar-refractivity contribution in [1.29, 1.82) is 0 Å². The minimum absolute atomic E-state index is 0.00601. The molecule has 3 rings (SSSR count). The molecule has 1 saturated carbocycles. The Labute approximate surface area is 166 Å². The highest BCUT2D eigenvalue weighted by Crippen LogP contribution is 2.45. The fraction of sp³-hybridized carbons (Fsp3) is 0.391. The Hall–Kier alpha value is -1.68. The molecular weight excluding hydrogens is 361 g/mol. The normalized spacial score (nSPS) is 25.0. The maximum absolute atomic E-state index is 13.8. The highest BCUT2D eigenvalue weighted by Gasteiger charge is 2.43. The van der Waals surface area contributed by atoms with Gasteiger partial charge in [0, 0.05) is 12.5 Å². The maximum Gasteiger partial charge on any atom is 0.141 e. The van der Waals surface area contributed by atoms with Crippen LogP contribution in [0.2, 0.25) is 5.02 Å². The van der Waals surface area contributed by atoms with Gasteiger partial charge in [0.25, 0.3) is 0 Å². The summed E-state index contributed by atoms with van der Waals surface area (Å²) in [6.07, 6.45) is 5.90. The van der Waals surface area contributed by atoms with E-state index < -0.39 is 11.4 Å². The Morgan fingerprint density at radius 2 is 1.93 bits per heavy atom. The van der Waals surface area contributed by atoms with Crippen LogP contribution in [0.3, 0.4) is 0 Å². The van der Waals surface area contributed by atoms with Gasteiger partial charge in [-0.2, -0.15) is 0 Å². The monoisotopic (exact) mass is 387 g/mol. The number of benzene rings is 2.